The van der Waals surface area contributed by atoms with Gasteiger partial charge in [0, 0.05) is 42.0 Å². The molecule has 0 saturated carbocycles. The molecule has 4 aromatic rings. The van der Waals surface area contributed by atoms with Gasteiger partial charge in [-0.3, -0.25) is 9.97 Å². The Bertz CT molecular complexity index is 1030. The van der Waals surface area contributed by atoms with Crippen molar-refractivity contribution in [2.24, 2.45) is 0 Å². The lowest BCUT2D eigenvalue weighted by Crippen LogP contribution is -2.11. The predicted octanol–water partition coefficient (Wildman–Crippen LogP) is 4.77. The lowest BCUT2D eigenvalue weighted by molar-refractivity contribution is 0.765. The standard InChI is InChI=1S/C23H23N4/c1-16-11-17(2)22(26-13-16)12-19(7-8-20-14-24-15-27-20)23-21-6-4-3-5-18(21)9-10-25-23/h3-6,9-11,13-15H,7-8,12H2,1-2H3,(H,24,27). The van der Waals surface area contributed by atoms with Crippen molar-refractivity contribution >= 4 is 10.8 Å². The van der Waals surface area contributed by atoms with E-state index >= 15 is 0 Å². The third-order valence-corrected chi connectivity index (χ3v) is 4.95. The van der Waals surface area contributed by atoms with Crippen molar-refractivity contribution in [1.29, 1.82) is 0 Å². The van der Waals surface area contributed by atoms with Gasteiger partial charge in [-0.2, -0.15) is 0 Å². The van der Waals surface area contributed by atoms with Crippen LogP contribution in [-0.2, 0) is 12.8 Å². The van der Waals surface area contributed by atoms with E-state index in [1.54, 1.807) is 6.33 Å². The van der Waals surface area contributed by atoms with Gasteiger partial charge in [-0.1, -0.05) is 30.3 Å². The molecule has 1 aromatic carbocycles. The first kappa shape index (κ1) is 17.4. The van der Waals surface area contributed by atoms with Crippen LogP contribution < -0.4 is 0 Å². The SMILES string of the molecule is Cc1cnc(C[C](CCc2c[nH]cn2)c2nccc3ccccc23)c(C)c1. The van der Waals surface area contributed by atoms with E-state index in [9.17, 15) is 0 Å². The maximum atomic E-state index is 4.76. The van der Waals surface area contributed by atoms with Gasteiger partial charge in [-0.15, -0.1) is 0 Å². The molecule has 4 nitrogen and oxygen atoms in total. The molecule has 1 N–H and O–H groups in total. The Labute approximate surface area is 159 Å². The highest BCUT2D eigenvalue weighted by Crippen LogP contribution is 2.29. The molecule has 0 saturated heterocycles. The fourth-order valence-electron chi connectivity index (χ4n) is 3.53. The van der Waals surface area contributed by atoms with Gasteiger partial charge in [-0.05, 0) is 49.3 Å². The number of aryl methyl sites for hydroxylation is 3. The van der Waals surface area contributed by atoms with Gasteiger partial charge in [0.15, 0.2) is 0 Å². The van der Waals surface area contributed by atoms with Crippen LogP contribution in [0.25, 0.3) is 10.8 Å². The second kappa shape index (κ2) is 7.70. The molecule has 0 amide bonds. The molecule has 4 rings (SSSR count). The topological polar surface area (TPSA) is 54.5 Å². The van der Waals surface area contributed by atoms with E-state index in [2.05, 4.69) is 60.2 Å². The number of pyridine rings is 2. The monoisotopic (exact) mass is 355 g/mol. The summed E-state index contributed by atoms with van der Waals surface area (Å²) in [6.45, 7) is 4.22. The molecule has 0 spiro atoms. The van der Waals surface area contributed by atoms with E-state index in [4.69, 9.17) is 9.97 Å². The lowest BCUT2D eigenvalue weighted by atomic mass is 9.89. The summed E-state index contributed by atoms with van der Waals surface area (Å²) >= 11 is 0. The summed E-state index contributed by atoms with van der Waals surface area (Å²) < 4.78 is 0. The quantitative estimate of drug-likeness (QED) is 0.542. The second-order valence-electron chi connectivity index (χ2n) is 7.00. The molecule has 1 radical (unpaired) electrons. The first-order valence-corrected chi connectivity index (χ1v) is 9.29. The maximum Gasteiger partial charge on any atom is 0.0923 e. The van der Waals surface area contributed by atoms with E-state index in [1.165, 1.54) is 27.8 Å². The molecule has 0 aliphatic rings. The summed E-state index contributed by atoms with van der Waals surface area (Å²) in [5, 5.41) is 2.41. The first-order valence-electron chi connectivity index (χ1n) is 9.29. The van der Waals surface area contributed by atoms with Gasteiger partial charge in [0.1, 0.15) is 0 Å². The van der Waals surface area contributed by atoms with Crippen molar-refractivity contribution in [3.05, 3.63) is 95.4 Å². The zero-order chi connectivity index (χ0) is 18.6. The van der Waals surface area contributed by atoms with Crippen LogP contribution in [0.2, 0.25) is 0 Å². The summed E-state index contributed by atoms with van der Waals surface area (Å²) in [4.78, 5) is 16.9. The van der Waals surface area contributed by atoms with Crippen molar-refractivity contribution < 1.29 is 0 Å². The third-order valence-electron chi connectivity index (χ3n) is 4.95. The number of hydrogen-bond donors (Lipinski definition) is 1. The minimum atomic E-state index is 0.803. The summed E-state index contributed by atoms with van der Waals surface area (Å²) in [6, 6.07) is 12.7. The Kier molecular flexibility index (Phi) is 4.97. The molecular formula is C23H23N4. The van der Waals surface area contributed by atoms with Crippen LogP contribution in [0.1, 0.15) is 34.6 Å². The smallest absolute Gasteiger partial charge is 0.0923 e. The molecule has 0 fully saturated rings. The highest BCUT2D eigenvalue weighted by atomic mass is 14.9. The molecule has 27 heavy (non-hydrogen) atoms. The zero-order valence-electron chi connectivity index (χ0n) is 15.7. The Morgan fingerprint density at radius 1 is 1.04 bits per heavy atom. The largest absolute Gasteiger partial charge is 0.351 e. The maximum absolute atomic E-state index is 4.76. The van der Waals surface area contributed by atoms with Crippen molar-refractivity contribution in [2.75, 3.05) is 0 Å². The summed E-state index contributed by atoms with van der Waals surface area (Å²) in [5.41, 5.74) is 5.68. The van der Waals surface area contributed by atoms with Crippen molar-refractivity contribution in [3.8, 4) is 0 Å². The number of nitrogens with one attached hydrogen (secondary N) is 1. The molecule has 0 atom stereocenters. The van der Waals surface area contributed by atoms with E-state index in [1.807, 2.05) is 18.6 Å². The molecule has 3 heterocycles. The van der Waals surface area contributed by atoms with Crippen LogP contribution in [0.4, 0.5) is 0 Å². The van der Waals surface area contributed by atoms with Crippen LogP contribution >= 0.6 is 0 Å². The molecule has 135 valence electrons. The minimum absolute atomic E-state index is 0.803. The average molecular weight is 355 g/mol. The minimum Gasteiger partial charge on any atom is -0.351 e. The number of H-pyrrole nitrogens is 1. The first-order chi connectivity index (χ1) is 13.2. The van der Waals surface area contributed by atoms with Crippen molar-refractivity contribution in [1.82, 2.24) is 19.9 Å². The van der Waals surface area contributed by atoms with Crippen molar-refractivity contribution in [2.45, 2.75) is 33.1 Å². The third kappa shape index (κ3) is 3.90. The Morgan fingerprint density at radius 2 is 1.93 bits per heavy atom. The lowest BCUT2D eigenvalue weighted by Gasteiger charge is -2.18. The number of nitrogens with zero attached hydrogens (tertiary/aromatic N) is 3. The number of imidazole rings is 1. The van der Waals surface area contributed by atoms with Gasteiger partial charge in [0.05, 0.1) is 17.7 Å². The Morgan fingerprint density at radius 3 is 2.74 bits per heavy atom. The van der Waals surface area contributed by atoms with E-state index in [0.717, 1.165) is 36.3 Å². The summed E-state index contributed by atoms with van der Waals surface area (Å²) in [6.07, 6.45) is 10.1. The van der Waals surface area contributed by atoms with Gasteiger partial charge >= 0.3 is 0 Å². The van der Waals surface area contributed by atoms with Crippen LogP contribution in [0.5, 0.6) is 0 Å². The number of benzene rings is 1. The highest BCUT2D eigenvalue weighted by molar-refractivity contribution is 5.86. The Hall–Kier alpha value is -3.01. The molecule has 3 aromatic heterocycles. The molecule has 0 unspecified atom stereocenters. The Balaban J connectivity index is 1.70. The van der Waals surface area contributed by atoms with Gasteiger partial charge in [-0.25, -0.2) is 4.98 Å². The molecule has 0 aliphatic heterocycles. The fraction of sp³-hybridized carbons (Fsp3) is 0.217. The zero-order valence-corrected chi connectivity index (χ0v) is 15.7. The van der Waals surface area contributed by atoms with E-state index in [0.29, 0.717) is 0 Å². The normalized spacial score (nSPS) is 11.4. The highest BCUT2D eigenvalue weighted by Gasteiger charge is 2.19. The number of fused-ring (bicyclic) bond motifs is 1. The fourth-order valence-corrected chi connectivity index (χ4v) is 3.53. The summed E-state index contributed by atoms with van der Waals surface area (Å²) in [7, 11) is 0. The predicted molar refractivity (Wildman–Crippen MR) is 108 cm³/mol. The van der Waals surface area contributed by atoms with Gasteiger partial charge < -0.3 is 4.98 Å². The number of aromatic nitrogens is 4. The molecule has 0 bridgehead atoms. The number of rotatable bonds is 6. The van der Waals surface area contributed by atoms with E-state index in [-0.39, 0.29) is 0 Å². The number of hydrogen-bond acceptors (Lipinski definition) is 3. The van der Waals surface area contributed by atoms with Crippen LogP contribution in [-0.4, -0.2) is 19.9 Å². The second-order valence-corrected chi connectivity index (χ2v) is 7.00. The number of aromatic amines is 1. The van der Waals surface area contributed by atoms with Crippen LogP contribution in [0, 0.1) is 19.8 Å². The van der Waals surface area contributed by atoms with Gasteiger partial charge in [0.25, 0.3) is 0 Å². The van der Waals surface area contributed by atoms with Crippen molar-refractivity contribution in [3.63, 3.8) is 0 Å². The van der Waals surface area contributed by atoms with Crippen LogP contribution in [0.3, 0.4) is 0 Å². The molecule has 0 aliphatic carbocycles. The average Bonchev–Trinajstić information content (AvgIpc) is 3.20. The van der Waals surface area contributed by atoms with E-state index < -0.39 is 0 Å². The molecule has 4 heteroatoms. The van der Waals surface area contributed by atoms with Crippen LogP contribution in [0.15, 0.2) is 61.3 Å². The van der Waals surface area contributed by atoms with Gasteiger partial charge in [0.2, 0.25) is 0 Å². The molecular weight excluding hydrogens is 332 g/mol. The summed E-state index contributed by atoms with van der Waals surface area (Å²) in [5.74, 6) is 1.30.